The average Bonchev–Trinajstić information content (AvgIpc) is 2.65. The highest BCUT2D eigenvalue weighted by Gasteiger charge is 2.13. The number of hydrogen-bond acceptors (Lipinski definition) is 3. The van der Waals surface area contributed by atoms with E-state index in [1.54, 1.807) is 13.0 Å². The van der Waals surface area contributed by atoms with E-state index < -0.39 is 6.04 Å². The van der Waals surface area contributed by atoms with Crippen LogP contribution in [-0.2, 0) is 9.59 Å². The molecule has 0 radical (unpaired) electrons. The molecule has 2 rings (SSSR count). The van der Waals surface area contributed by atoms with E-state index in [9.17, 15) is 9.59 Å². The van der Waals surface area contributed by atoms with Crippen molar-refractivity contribution in [2.45, 2.75) is 26.3 Å². The number of carbonyl (C=O) groups excluding carboxylic acids is 2. The number of amides is 2. The van der Waals surface area contributed by atoms with E-state index in [2.05, 4.69) is 10.6 Å². The number of carbonyl (C=O) groups is 2. The molecule has 2 amide bonds. The lowest BCUT2D eigenvalue weighted by atomic mass is 10.2. The van der Waals surface area contributed by atoms with E-state index in [1.165, 1.54) is 6.08 Å². The minimum Gasteiger partial charge on any atom is -0.457 e. The van der Waals surface area contributed by atoms with Gasteiger partial charge in [0, 0.05) is 12.6 Å². The van der Waals surface area contributed by atoms with Crippen molar-refractivity contribution >= 4 is 17.9 Å². The molecule has 0 unspecified atom stereocenters. The van der Waals surface area contributed by atoms with Crippen molar-refractivity contribution in [1.82, 2.24) is 10.6 Å². The van der Waals surface area contributed by atoms with Crippen LogP contribution in [0, 0.1) is 0 Å². The smallest absolute Gasteiger partial charge is 0.244 e. The van der Waals surface area contributed by atoms with Gasteiger partial charge in [-0.2, -0.15) is 0 Å². The predicted molar refractivity (Wildman–Crippen MR) is 103 cm³/mol. The zero-order chi connectivity index (χ0) is 18.8. The van der Waals surface area contributed by atoms with Crippen LogP contribution in [0.2, 0.25) is 0 Å². The molecule has 0 aromatic heterocycles. The number of ether oxygens (including phenoxy) is 1. The molecular weight excluding hydrogens is 328 g/mol. The van der Waals surface area contributed by atoms with Crippen LogP contribution in [-0.4, -0.2) is 24.4 Å². The zero-order valence-electron chi connectivity index (χ0n) is 15.1. The van der Waals surface area contributed by atoms with Gasteiger partial charge in [-0.3, -0.25) is 9.59 Å². The summed E-state index contributed by atoms with van der Waals surface area (Å²) in [5, 5.41) is 5.39. The van der Waals surface area contributed by atoms with Gasteiger partial charge < -0.3 is 15.4 Å². The third kappa shape index (κ3) is 6.43. The maximum Gasteiger partial charge on any atom is 0.244 e. The van der Waals surface area contributed by atoms with Crippen molar-refractivity contribution in [3.05, 3.63) is 66.2 Å². The first-order chi connectivity index (χ1) is 12.6. The van der Waals surface area contributed by atoms with Crippen LogP contribution in [0.25, 0.3) is 6.08 Å². The molecule has 0 saturated heterocycles. The van der Waals surface area contributed by atoms with Gasteiger partial charge in [0.1, 0.15) is 17.5 Å². The number of benzene rings is 2. The summed E-state index contributed by atoms with van der Waals surface area (Å²) in [6.07, 6.45) is 3.95. The molecular formula is C21H24N2O3. The fraction of sp³-hybridized carbons (Fsp3) is 0.238. The van der Waals surface area contributed by atoms with E-state index in [4.69, 9.17) is 4.74 Å². The minimum absolute atomic E-state index is 0.188. The van der Waals surface area contributed by atoms with Crippen molar-refractivity contribution in [2.24, 2.45) is 0 Å². The van der Waals surface area contributed by atoms with Gasteiger partial charge in [0.2, 0.25) is 11.8 Å². The van der Waals surface area contributed by atoms with Crippen LogP contribution in [0.15, 0.2) is 60.7 Å². The lowest BCUT2D eigenvalue weighted by Gasteiger charge is -2.12. The molecule has 0 bridgehead atoms. The Bertz CT molecular complexity index is 757. The predicted octanol–water partition coefficient (Wildman–Crippen LogP) is 3.52. The van der Waals surface area contributed by atoms with Crippen LogP contribution < -0.4 is 15.4 Å². The second-order valence-electron chi connectivity index (χ2n) is 5.84. The second kappa shape index (κ2) is 10.0. The molecule has 1 atom stereocenters. The third-order valence-electron chi connectivity index (χ3n) is 3.57. The van der Waals surface area contributed by atoms with Gasteiger partial charge in [0.15, 0.2) is 0 Å². The molecule has 0 aliphatic heterocycles. The quantitative estimate of drug-likeness (QED) is 0.714. The topological polar surface area (TPSA) is 67.4 Å². The average molecular weight is 352 g/mol. The van der Waals surface area contributed by atoms with Gasteiger partial charge >= 0.3 is 0 Å². The van der Waals surface area contributed by atoms with Crippen molar-refractivity contribution in [1.29, 1.82) is 0 Å². The summed E-state index contributed by atoms with van der Waals surface area (Å²) in [5.74, 6) is 0.926. The molecule has 5 nitrogen and oxygen atoms in total. The fourth-order valence-electron chi connectivity index (χ4n) is 2.21. The summed E-state index contributed by atoms with van der Waals surface area (Å²) < 4.78 is 5.77. The van der Waals surface area contributed by atoms with Crippen LogP contribution in [0.5, 0.6) is 11.5 Å². The molecule has 5 heteroatoms. The molecule has 0 saturated carbocycles. The lowest BCUT2D eigenvalue weighted by molar-refractivity contribution is -0.126. The molecule has 0 aliphatic carbocycles. The van der Waals surface area contributed by atoms with Gasteiger partial charge in [-0.05, 0) is 49.2 Å². The Hall–Kier alpha value is -3.08. The van der Waals surface area contributed by atoms with E-state index in [1.807, 2.05) is 61.5 Å². The highest BCUT2D eigenvalue weighted by Crippen LogP contribution is 2.22. The van der Waals surface area contributed by atoms with Crippen LogP contribution in [0.4, 0.5) is 0 Å². The van der Waals surface area contributed by atoms with Crippen molar-refractivity contribution in [3.63, 3.8) is 0 Å². The number of para-hydroxylation sites is 1. The molecule has 2 aromatic carbocycles. The van der Waals surface area contributed by atoms with Gasteiger partial charge in [-0.1, -0.05) is 37.3 Å². The Kier molecular flexibility index (Phi) is 7.43. The monoisotopic (exact) mass is 352 g/mol. The van der Waals surface area contributed by atoms with E-state index in [0.717, 1.165) is 17.7 Å². The zero-order valence-corrected chi connectivity index (χ0v) is 15.1. The lowest BCUT2D eigenvalue weighted by Crippen LogP contribution is -2.44. The Balaban J connectivity index is 1.92. The fourth-order valence-corrected chi connectivity index (χ4v) is 2.21. The summed E-state index contributed by atoms with van der Waals surface area (Å²) in [4.78, 5) is 23.7. The minimum atomic E-state index is -0.577. The Morgan fingerprint density at radius 2 is 1.81 bits per heavy atom. The summed E-state index contributed by atoms with van der Waals surface area (Å²) in [6, 6.07) is 16.3. The third-order valence-corrected chi connectivity index (χ3v) is 3.57. The van der Waals surface area contributed by atoms with Crippen molar-refractivity contribution < 1.29 is 14.3 Å². The standard InChI is InChI=1S/C21H24N2O3/c1-3-14-22-21(25)16(2)23-20(24)13-12-17-8-7-11-19(15-17)26-18-9-5-4-6-10-18/h4-13,15-16H,3,14H2,1-2H3,(H,22,25)(H,23,24)/b13-12+/t16-/m1/s1. The van der Waals surface area contributed by atoms with Crippen molar-refractivity contribution in [3.8, 4) is 11.5 Å². The normalized spacial score (nSPS) is 11.8. The van der Waals surface area contributed by atoms with E-state index in [0.29, 0.717) is 12.3 Å². The first-order valence-electron chi connectivity index (χ1n) is 8.67. The highest BCUT2D eigenvalue weighted by molar-refractivity contribution is 5.95. The Labute approximate surface area is 154 Å². The molecule has 0 fully saturated rings. The first kappa shape index (κ1) is 19.2. The molecule has 2 aromatic rings. The van der Waals surface area contributed by atoms with Crippen LogP contribution in [0.1, 0.15) is 25.8 Å². The molecule has 0 heterocycles. The molecule has 0 aliphatic rings. The molecule has 0 spiro atoms. The highest BCUT2D eigenvalue weighted by atomic mass is 16.5. The van der Waals surface area contributed by atoms with Crippen molar-refractivity contribution in [2.75, 3.05) is 6.54 Å². The Morgan fingerprint density at radius 3 is 2.54 bits per heavy atom. The summed E-state index contributed by atoms with van der Waals surface area (Å²) in [5.41, 5.74) is 0.830. The van der Waals surface area contributed by atoms with Gasteiger partial charge in [0.25, 0.3) is 0 Å². The van der Waals surface area contributed by atoms with E-state index >= 15 is 0 Å². The van der Waals surface area contributed by atoms with Crippen LogP contribution >= 0.6 is 0 Å². The SMILES string of the molecule is CCCNC(=O)[C@@H](C)NC(=O)/C=C/c1cccc(Oc2ccccc2)c1. The first-order valence-corrected chi connectivity index (χ1v) is 8.67. The summed E-state index contributed by atoms with van der Waals surface area (Å²) in [6.45, 7) is 4.23. The number of nitrogens with one attached hydrogen (secondary N) is 2. The van der Waals surface area contributed by atoms with Gasteiger partial charge in [-0.15, -0.1) is 0 Å². The maximum absolute atomic E-state index is 12.0. The van der Waals surface area contributed by atoms with Gasteiger partial charge in [0.05, 0.1) is 0 Å². The molecule has 26 heavy (non-hydrogen) atoms. The Morgan fingerprint density at radius 1 is 1.08 bits per heavy atom. The summed E-state index contributed by atoms with van der Waals surface area (Å²) in [7, 11) is 0. The maximum atomic E-state index is 12.0. The largest absolute Gasteiger partial charge is 0.457 e. The molecule has 136 valence electrons. The number of hydrogen-bond donors (Lipinski definition) is 2. The van der Waals surface area contributed by atoms with Crippen LogP contribution in [0.3, 0.4) is 0 Å². The van der Waals surface area contributed by atoms with Gasteiger partial charge in [-0.25, -0.2) is 0 Å². The number of rotatable bonds is 8. The second-order valence-corrected chi connectivity index (χ2v) is 5.84. The van der Waals surface area contributed by atoms with E-state index in [-0.39, 0.29) is 11.8 Å². The summed E-state index contributed by atoms with van der Waals surface area (Å²) >= 11 is 0. The molecule has 2 N–H and O–H groups in total.